The number of nitrogens with one attached hydrogen (secondary N) is 1. The second kappa shape index (κ2) is 7.70. The van der Waals surface area contributed by atoms with E-state index in [0.29, 0.717) is 23.7 Å². The number of carbonyl (C=O) groups excluding carboxylic acids is 2. The highest BCUT2D eigenvalue weighted by atomic mass is 16.5. The largest absolute Gasteiger partial charge is 0.494 e. The van der Waals surface area contributed by atoms with Crippen LogP contribution in [-0.2, 0) is 9.59 Å². The number of anilines is 2. The fraction of sp³-hybridized carbons (Fsp3) is 0.263. The Hall–Kier alpha value is -3.02. The smallest absolute Gasteiger partial charge is 0.265 e. The molecule has 2 aromatic carbocycles. The molecule has 3 rings (SSSR count). The van der Waals surface area contributed by atoms with Gasteiger partial charge in [-0.15, -0.1) is 0 Å². The molecule has 0 spiro atoms. The molecule has 0 aliphatic carbocycles. The number of carbonyl (C=O) groups is 2. The molecule has 0 fully saturated rings. The van der Waals surface area contributed by atoms with Crippen LogP contribution in [-0.4, -0.2) is 31.6 Å². The van der Waals surface area contributed by atoms with Crippen molar-refractivity contribution < 1.29 is 19.1 Å². The molecule has 0 bridgehead atoms. The SMILES string of the molecule is CCCOc1ccc(NC(=O)CN2C(=O)COc3ccccc32)cc1. The number of hydrogen-bond acceptors (Lipinski definition) is 4. The standard InChI is InChI=1S/C19H20N2O4/c1-2-11-24-15-9-7-14(8-10-15)20-18(22)12-21-16-5-3-4-6-17(16)25-13-19(21)23/h3-10H,2,11-13H2,1H3,(H,20,22). The lowest BCUT2D eigenvalue weighted by molar-refractivity contribution is -0.123. The lowest BCUT2D eigenvalue weighted by atomic mass is 10.2. The van der Waals surface area contributed by atoms with E-state index in [1.54, 1.807) is 42.5 Å². The van der Waals surface area contributed by atoms with Crippen LogP contribution in [0.15, 0.2) is 48.5 Å². The van der Waals surface area contributed by atoms with E-state index < -0.39 is 0 Å². The lowest BCUT2D eigenvalue weighted by Crippen LogP contribution is -2.43. The van der Waals surface area contributed by atoms with Crippen molar-refractivity contribution in [3.05, 3.63) is 48.5 Å². The second-order valence-corrected chi connectivity index (χ2v) is 5.66. The van der Waals surface area contributed by atoms with Crippen molar-refractivity contribution in [1.82, 2.24) is 0 Å². The van der Waals surface area contributed by atoms with Crippen LogP contribution < -0.4 is 19.7 Å². The van der Waals surface area contributed by atoms with E-state index >= 15 is 0 Å². The third-order valence-corrected chi connectivity index (χ3v) is 3.72. The van der Waals surface area contributed by atoms with Gasteiger partial charge in [0.25, 0.3) is 5.91 Å². The van der Waals surface area contributed by atoms with Gasteiger partial charge in [-0.05, 0) is 42.8 Å². The Morgan fingerprint density at radius 2 is 1.96 bits per heavy atom. The molecule has 0 saturated heterocycles. The summed E-state index contributed by atoms with van der Waals surface area (Å²) in [5, 5.41) is 2.79. The van der Waals surface area contributed by atoms with Crippen LogP contribution in [0, 0.1) is 0 Å². The molecule has 2 aromatic rings. The van der Waals surface area contributed by atoms with Crippen molar-refractivity contribution in [1.29, 1.82) is 0 Å². The monoisotopic (exact) mass is 340 g/mol. The molecule has 6 heteroatoms. The molecule has 2 amide bonds. The van der Waals surface area contributed by atoms with Gasteiger partial charge in [0.2, 0.25) is 5.91 Å². The minimum absolute atomic E-state index is 0.0617. The van der Waals surface area contributed by atoms with Crippen molar-refractivity contribution in [2.24, 2.45) is 0 Å². The van der Waals surface area contributed by atoms with E-state index in [1.165, 1.54) is 4.90 Å². The molecule has 0 radical (unpaired) electrons. The first-order valence-corrected chi connectivity index (χ1v) is 8.22. The quantitative estimate of drug-likeness (QED) is 0.878. The maximum atomic E-state index is 12.3. The Morgan fingerprint density at radius 1 is 1.20 bits per heavy atom. The van der Waals surface area contributed by atoms with E-state index in [2.05, 4.69) is 5.32 Å². The number of para-hydroxylation sites is 2. The minimum atomic E-state index is -0.271. The van der Waals surface area contributed by atoms with E-state index in [4.69, 9.17) is 9.47 Å². The van der Waals surface area contributed by atoms with Crippen molar-refractivity contribution in [2.45, 2.75) is 13.3 Å². The van der Waals surface area contributed by atoms with Crippen LogP contribution in [0.3, 0.4) is 0 Å². The number of benzene rings is 2. The van der Waals surface area contributed by atoms with Gasteiger partial charge in [-0.25, -0.2) is 0 Å². The summed E-state index contributed by atoms with van der Waals surface area (Å²) in [6.45, 7) is 2.57. The molecule has 6 nitrogen and oxygen atoms in total. The zero-order chi connectivity index (χ0) is 17.6. The summed E-state index contributed by atoms with van der Waals surface area (Å²) in [4.78, 5) is 25.8. The number of rotatable bonds is 6. The number of nitrogens with zero attached hydrogens (tertiary/aromatic N) is 1. The molecule has 1 aliphatic heterocycles. The fourth-order valence-corrected chi connectivity index (χ4v) is 2.53. The summed E-state index contributed by atoms with van der Waals surface area (Å²) in [5.74, 6) is 0.855. The van der Waals surface area contributed by atoms with Crippen LogP contribution in [0.5, 0.6) is 11.5 Å². The van der Waals surface area contributed by atoms with Gasteiger partial charge in [-0.3, -0.25) is 14.5 Å². The zero-order valence-corrected chi connectivity index (χ0v) is 14.0. The molecule has 0 atom stereocenters. The maximum Gasteiger partial charge on any atom is 0.265 e. The van der Waals surface area contributed by atoms with Crippen LogP contribution >= 0.6 is 0 Å². The first-order chi connectivity index (χ1) is 12.2. The Morgan fingerprint density at radius 3 is 2.72 bits per heavy atom. The van der Waals surface area contributed by atoms with E-state index in [0.717, 1.165) is 12.2 Å². The summed E-state index contributed by atoms with van der Waals surface area (Å²) in [6, 6.07) is 14.3. The normalized spacial score (nSPS) is 13.0. The average Bonchev–Trinajstić information content (AvgIpc) is 2.63. The lowest BCUT2D eigenvalue weighted by Gasteiger charge is -2.28. The predicted octanol–water partition coefficient (Wildman–Crippen LogP) is 2.84. The van der Waals surface area contributed by atoms with Crippen LogP contribution in [0.25, 0.3) is 0 Å². The topological polar surface area (TPSA) is 67.9 Å². The Kier molecular flexibility index (Phi) is 5.18. The van der Waals surface area contributed by atoms with E-state index in [1.807, 2.05) is 13.0 Å². The first kappa shape index (κ1) is 16.8. The molecular formula is C19H20N2O4. The van der Waals surface area contributed by atoms with Gasteiger partial charge >= 0.3 is 0 Å². The highest BCUT2D eigenvalue weighted by Crippen LogP contribution is 2.31. The summed E-state index contributed by atoms with van der Waals surface area (Å²) in [5.41, 5.74) is 1.26. The predicted molar refractivity (Wildman–Crippen MR) is 95.1 cm³/mol. The van der Waals surface area contributed by atoms with Crippen molar-refractivity contribution in [2.75, 3.05) is 30.0 Å². The first-order valence-electron chi connectivity index (χ1n) is 8.22. The Balaban J connectivity index is 1.63. The molecule has 0 aromatic heterocycles. The summed E-state index contributed by atoms with van der Waals surface area (Å²) >= 11 is 0. The van der Waals surface area contributed by atoms with Crippen LogP contribution in [0.2, 0.25) is 0 Å². The van der Waals surface area contributed by atoms with Gasteiger partial charge in [0.05, 0.1) is 12.3 Å². The fourth-order valence-electron chi connectivity index (χ4n) is 2.53. The van der Waals surface area contributed by atoms with Gasteiger partial charge in [0.1, 0.15) is 18.0 Å². The third-order valence-electron chi connectivity index (χ3n) is 3.72. The Bertz CT molecular complexity index is 758. The number of ether oxygens (including phenoxy) is 2. The van der Waals surface area contributed by atoms with Gasteiger partial charge in [-0.1, -0.05) is 19.1 Å². The van der Waals surface area contributed by atoms with Crippen molar-refractivity contribution in [3.8, 4) is 11.5 Å². The van der Waals surface area contributed by atoms with Gasteiger partial charge in [0.15, 0.2) is 6.61 Å². The molecule has 0 unspecified atom stereocenters. The second-order valence-electron chi connectivity index (χ2n) is 5.66. The minimum Gasteiger partial charge on any atom is -0.494 e. The van der Waals surface area contributed by atoms with Crippen LogP contribution in [0.4, 0.5) is 11.4 Å². The highest BCUT2D eigenvalue weighted by Gasteiger charge is 2.26. The van der Waals surface area contributed by atoms with Crippen molar-refractivity contribution in [3.63, 3.8) is 0 Å². The molecule has 1 aliphatic rings. The molecule has 25 heavy (non-hydrogen) atoms. The molecule has 1 heterocycles. The van der Waals surface area contributed by atoms with Gasteiger partial charge in [0, 0.05) is 5.69 Å². The number of fused-ring (bicyclic) bond motifs is 1. The maximum absolute atomic E-state index is 12.3. The van der Waals surface area contributed by atoms with E-state index in [-0.39, 0.29) is 25.0 Å². The molecule has 1 N–H and O–H groups in total. The average molecular weight is 340 g/mol. The zero-order valence-electron chi connectivity index (χ0n) is 14.0. The third kappa shape index (κ3) is 4.09. The summed E-state index contributed by atoms with van der Waals surface area (Å²) in [6.07, 6.45) is 0.938. The Labute approximate surface area is 146 Å². The summed E-state index contributed by atoms with van der Waals surface area (Å²) in [7, 11) is 0. The van der Waals surface area contributed by atoms with Gasteiger partial charge in [-0.2, -0.15) is 0 Å². The number of hydrogen-bond donors (Lipinski definition) is 1. The molecule has 0 saturated carbocycles. The van der Waals surface area contributed by atoms with Gasteiger partial charge < -0.3 is 14.8 Å². The summed E-state index contributed by atoms with van der Waals surface area (Å²) < 4.78 is 10.9. The van der Waals surface area contributed by atoms with Crippen molar-refractivity contribution >= 4 is 23.2 Å². The number of amides is 2. The highest BCUT2D eigenvalue weighted by molar-refractivity contribution is 6.04. The molecule has 130 valence electrons. The van der Waals surface area contributed by atoms with E-state index in [9.17, 15) is 9.59 Å². The molecular weight excluding hydrogens is 320 g/mol. The van der Waals surface area contributed by atoms with Crippen LogP contribution in [0.1, 0.15) is 13.3 Å².